The molecule has 0 saturated carbocycles. The van der Waals surface area contributed by atoms with Crippen molar-refractivity contribution in [3.63, 3.8) is 0 Å². The molecule has 18 nitrogen and oxygen atoms in total. The Morgan fingerprint density at radius 2 is 1.05 bits per heavy atom. The lowest BCUT2D eigenvalue weighted by Crippen LogP contribution is -2.51. The van der Waals surface area contributed by atoms with Crippen LogP contribution >= 0.6 is 0 Å². The molecule has 18 heteroatoms. The van der Waals surface area contributed by atoms with E-state index in [-0.39, 0.29) is 35.7 Å². The number of nitrogens with one attached hydrogen (secondary N) is 4. The van der Waals surface area contributed by atoms with Crippen LogP contribution in [0.5, 0.6) is 11.5 Å². The molecule has 0 radical (unpaired) electrons. The van der Waals surface area contributed by atoms with Crippen LogP contribution in [0.3, 0.4) is 0 Å². The number of methoxy groups -OCH3 is 2. The third-order valence-corrected chi connectivity index (χ3v) is 12.4. The van der Waals surface area contributed by atoms with Crippen molar-refractivity contribution in [2.45, 2.75) is 90.4 Å². The van der Waals surface area contributed by atoms with Crippen LogP contribution in [0.4, 0.5) is 9.59 Å². The number of H-pyrrole nitrogens is 2. The number of nitrogens with zero attached hydrogens (tertiary/aromatic N) is 4. The number of aromatic nitrogens is 4. The van der Waals surface area contributed by atoms with E-state index in [4.69, 9.17) is 38.4 Å². The number of benzene rings is 2. The fourth-order valence-corrected chi connectivity index (χ4v) is 8.79. The van der Waals surface area contributed by atoms with Crippen LogP contribution in [0.2, 0.25) is 0 Å². The number of aromatic amines is 2. The number of likely N-dealkylation sites (tertiary alicyclic amines) is 2. The summed E-state index contributed by atoms with van der Waals surface area (Å²) in [6.45, 7) is 11.3. The summed E-state index contributed by atoms with van der Waals surface area (Å²) < 4.78 is 34.3. The van der Waals surface area contributed by atoms with Crippen molar-refractivity contribution in [3.8, 4) is 45.1 Å². The summed E-state index contributed by atoms with van der Waals surface area (Å²) in [5.41, 5.74) is 4.84. The van der Waals surface area contributed by atoms with Gasteiger partial charge in [-0.1, -0.05) is 39.8 Å². The molecule has 2 aromatic heterocycles. The molecular formula is C48H64N8O10. The minimum Gasteiger partial charge on any atom is -0.490 e. The molecule has 4 N–H and O–H groups in total. The number of amides is 4. The number of carbonyl (C=O) groups excluding carboxylic acids is 4. The van der Waals surface area contributed by atoms with Crippen LogP contribution in [0.15, 0.2) is 48.8 Å². The molecule has 66 heavy (non-hydrogen) atoms. The molecule has 4 amide bonds. The molecule has 3 aliphatic heterocycles. The lowest BCUT2D eigenvalue weighted by Gasteiger charge is -2.30. The van der Waals surface area contributed by atoms with Gasteiger partial charge in [-0.3, -0.25) is 9.59 Å². The molecular weight excluding hydrogens is 849 g/mol. The Labute approximate surface area is 385 Å². The number of hydrogen-bond donors (Lipinski definition) is 4. The van der Waals surface area contributed by atoms with E-state index in [0.29, 0.717) is 75.9 Å². The van der Waals surface area contributed by atoms with Crippen molar-refractivity contribution in [1.29, 1.82) is 0 Å². The Kier molecular flexibility index (Phi) is 16.2. The first-order chi connectivity index (χ1) is 32.0. The molecule has 0 unspecified atom stereocenters. The summed E-state index contributed by atoms with van der Waals surface area (Å²) in [5, 5.41) is 5.42. The molecule has 0 aliphatic carbocycles. The highest BCUT2D eigenvalue weighted by molar-refractivity contribution is 5.87. The number of rotatable bonds is 10. The molecule has 2 saturated heterocycles. The number of fused-ring (bicyclic) bond motifs is 5. The van der Waals surface area contributed by atoms with Crippen molar-refractivity contribution in [2.24, 2.45) is 11.8 Å². The molecule has 2 fully saturated rings. The second-order valence-corrected chi connectivity index (χ2v) is 17.5. The quantitative estimate of drug-likeness (QED) is 0.129. The summed E-state index contributed by atoms with van der Waals surface area (Å²) in [4.78, 5) is 72.0. The summed E-state index contributed by atoms with van der Waals surface area (Å²) in [7, 11) is 2.57. The van der Waals surface area contributed by atoms with E-state index in [0.717, 1.165) is 72.2 Å². The molecule has 3 aliphatic rings. The fourth-order valence-electron chi connectivity index (χ4n) is 8.79. The highest BCUT2D eigenvalue weighted by Crippen LogP contribution is 2.40. The average molecular weight is 913 g/mol. The zero-order valence-electron chi connectivity index (χ0n) is 38.9. The third kappa shape index (κ3) is 11.3. The molecule has 4 atom stereocenters. The van der Waals surface area contributed by atoms with E-state index in [9.17, 15) is 19.2 Å². The van der Waals surface area contributed by atoms with E-state index in [1.54, 1.807) is 22.2 Å². The average Bonchev–Trinajstić information content (AvgIpc) is 4.17. The molecule has 4 aromatic rings. The van der Waals surface area contributed by atoms with E-state index >= 15 is 0 Å². The van der Waals surface area contributed by atoms with Crippen LogP contribution in [0.1, 0.15) is 90.0 Å². The second kappa shape index (κ2) is 22.4. The molecule has 0 spiro atoms. The van der Waals surface area contributed by atoms with Gasteiger partial charge in [0.2, 0.25) is 11.8 Å². The van der Waals surface area contributed by atoms with Gasteiger partial charge >= 0.3 is 12.2 Å². The van der Waals surface area contributed by atoms with Gasteiger partial charge in [0.05, 0.1) is 63.3 Å². The predicted molar refractivity (Wildman–Crippen MR) is 245 cm³/mol. The number of ether oxygens (including phenoxy) is 6. The molecule has 2 aromatic carbocycles. The maximum Gasteiger partial charge on any atom is 0.407 e. The van der Waals surface area contributed by atoms with Gasteiger partial charge in [0, 0.05) is 37.4 Å². The second-order valence-electron chi connectivity index (χ2n) is 17.5. The van der Waals surface area contributed by atoms with Crippen molar-refractivity contribution in [3.05, 3.63) is 60.4 Å². The van der Waals surface area contributed by atoms with Crippen LogP contribution in [0, 0.1) is 11.8 Å². The molecule has 5 heterocycles. The van der Waals surface area contributed by atoms with E-state index in [1.165, 1.54) is 14.2 Å². The van der Waals surface area contributed by atoms with Crippen LogP contribution < -0.4 is 20.1 Å². The van der Waals surface area contributed by atoms with Crippen LogP contribution in [-0.4, -0.2) is 133 Å². The number of hydrogen-bond acceptors (Lipinski definition) is 12. The summed E-state index contributed by atoms with van der Waals surface area (Å²) in [5.74, 6) is 1.92. The number of carbonyl (C=O) groups is 4. The SMILES string of the molecule is COC(=O)N[C@H](C(=O)N1CCC[C@H]1c1ncc(-c2ccc3cc2OCCOCCCCOCCOc2cc-3ccc2-c2cnc([C@@H]3CCCN3C(=O)[C@@H](NC(=O)OC)C(C)C)[nH]2)[nH]1)C(C)C. The minimum atomic E-state index is -0.739. The largest absolute Gasteiger partial charge is 0.490 e. The van der Waals surface area contributed by atoms with Crippen LogP contribution in [-0.2, 0) is 28.5 Å². The third-order valence-electron chi connectivity index (χ3n) is 12.4. The first kappa shape index (κ1) is 47.8. The zero-order valence-corrected chi connectivity index (χ0v) is 38.9. The van der Waals surface area contributed by atoms with Gasteiger partial charge in [-0.2, -0.15) is 0 Å². The lowest BCUT2D eigenvalue weighted by molar-refractivity contribution is -0.136. The Bertz CT molecular complexity index is 2140. The fraction of sp³-hybridized carbons (Fsp3) is 0.542. The maximum absolute atomic E-state index is 13.8. The van der Waals surface area contributed by atoms with Gasteiger partial charge in [0.25, 0.3) is 0 Å². The molecule has 4 bridgehead atoms. The molecule has 356 valence electrons. The van der Waals surface area contributed by atoms with Gasteiger partial charge in [0.1, 0.15) is 48.4 Å². The van der Waals surface area contributed by atoms with Gasteiger partial charge in [-0.05, 0) is 85.8 Å². The van der Waals surface area contributed by atoms with Crippen molar-refractivity contribution in [1.82, 2.24) is 40.4 Å². The van der Waals surface area contributed by atoms with Gasteiger partial charge < -0.3 is 58.8 Å². The van der Waals surface area contributed by atoms with Gasteiger partial charge in [0.15, 0.2) is 0 Å². The Morgan fingerprint density at radius 1 is 0.621 bits per heavy atom. The maximum atomic E-state index is 13.8. The van der Waals surface area contributed by atoms with E-state index in [2.05, 4.69) is 20.6 Å². The van der Waals surface area contributed by atoms with Gasteiger partial charge in [-0.25, -0.2) is 19.6 Å². The van der Waals surface area contributed by atoms with Crippen molar-refractivity contribution in [2.75, 3.05) is 67.0 Å². The summed E-state index contributed by atoms with van der Waals surface area (Å²) in [6, 6.07) is 9.97. The highest BCUT2D eigenvalue weighted by atomic mass is 16.5. The van der Waals surface area contributed by atoms with Crippen molar-refractivity contribution >= 4 is 24.0 Å². The van der Waals surface area contributed by atoms with Gasteiger partial charge in [-0.15, -0.1) is 0 Å². The number of alkyl carbamates (subject to hydrolysis) is 2. The van der Waals surface area contributed by atoms with Crippen LogP contribution in [0.25, 0.3) is 33.6 Å². The van der Waals surface area contributed by atoms with E-state index < -0.39 is 24.3 Å². The first-order valence-electron chi connectivity index (χ1n) is 23.1. The monoisotopic (exact) mass is 912 g/mol. The Hall–Kier alpha value is -6.14. The highest BCUT2D eigenvalue weighted by Gasteiger charge is 2.39. The predicted octanol–water partition coefficient (Wildman–Crippen LogP) is 6.81. The smallest absolute Gasteiger partial charge is 0.407 e. The summed E-state index contributed by atoms with van der Waals surface area (Å²) in [6.07, 6.45) is 6.97. The summed E-state index contributed by atoms with van der Waals surface area (Å²) >= 11 is 0. The lowest BCUT2D eigenvalue weighted by atomic mass is 9.99. The zero-order chi connectivity index (χ0) is 46.7. The molecule has 7 rings (SSSR count). The minimum absolute atomic E-state index is 0.148. The standard InChI is InChI=1S/C48H64N8O10/c1-29(2)41(53-47(59)61-5)45(57)55-17-9-11-37(55)43-49-27-35(51-43)33-15-13-31-25-39(33)65-23-21-63-19-7-8-20-64-22-24-66-40-26-32(31)14-16-34(40)36-28-50-44(52-36)38-12-10-18-56(38)46(58)42(30(3)4)54-48(60)62-6/h13-16,25-30,37-38,41-42H,7-12,17-24H2,1-6H3,(H,49,51)(H,50,52)(H,53,59)(H,54,60)/t37-,38-,41-,42-/m0/s1. The Morgan fingerprint density at radius 3 is 1.44 bits per heavy atom. The van der Waals surface area contributed by atoms with E-state index in [1.807, 2.05) is 64.1 Å². The normalized spacial score (nSPS) is 19.3. The van der Waals surface area contributed by atoms with Crippen molar-refractivity contribution < 1.29 is 47.6 Å². The number of imidazole rings is 2. The topological polar surface area (TPSA) is 212 Å². The Balaban J connectivity index is 1.17. The first-order valence-corrected chi connectivity index (χ1v) is 23.1.